The van der Waals surface area contributed by atoms with Gasteiger partial charge >= 0.3 is 0 Å². The summed E-state index contributed by atoms with van der Waals surface area (Å²) in [5.74, 6) is 1.47. The Morgan fingerprint density at radius 1 is 0.912 bits per heavy atom. The smallest absolute Gasteiger partial charge is 0.225 e. The predicted molar refractivity (Wildman–Crippen MR) is 134 cm³/mol. The largest absolute Gasteiger partial charge is 0.490 e. The van der Waals surface area contributed by atoms with Crippen molar-refractivity contribution in [2.45, 2.75) is 57.3 Å². The summed E-state index contributed by atoms with van der Waals surface area (Å²) in [6, 6.07) is 17.6. The van der Waals surface area contributed by atoms with Crippen LogP contribution < -0.4 is 4.74 Å². The molecule has 2 heterocycles. The van der Waals surface area contributed by atoms with Crippen LogP contribution in [0.3, 0.4) is 0 Å². The van der Waals surface area contributed by atoms with Gasteiger partial charge in [-0.15, -0.1) is 0 Å². The fraction of sp³-hybridized carbons (Fsp3) is 0.519. The minimum Gasteiger partial charge on any atom is -0.490 e. The van der Waals surface area contributed by atoms with Crippen molar-refractivity contribution in [3.05, 3.63) is 65.7 Å². The van der Waals surface area contributed by atoms with Crippen molar-refractivity contribution in [1.29, 1.82) is 0 Å². The van der Waals surface area contributed by atoms with Gasteiger partial charge < -0.3 is 9.64 Å². The lowest BCUT2D eigenvalue weighted by Crippen LogP contribution is -2.47. The maximum atomic E-state index is 13.1. The zero-order valence-corrected chi connectivity index (χ0v) is 21.0. The quantitative estimate of drug-likeness (QED) is 0.583. The summed E-state index contributed by atoms with van der Waals surface area (Å²) < 4.78 is 33.3. The molecule has 0 N–H and O–H groups in total. The van der Waals surface area contributed by atoms with E-state index < -0.39 is 10.0 Å². The molecule has 0 aliphatic carbocycles. The standard InChI is InChI=1S/C27H36N2O4S/c1-21(2)23-8-10-25(11-9-23)33-26-14-16-28(17-15-26)27(30)24-12-18-29(19-13-24)34(31,32)20-22-6-4-3-5-7-22/h3-11,21,24,26H,12-20H2,1-2H3. The highest BCUT2D eigenvalue weighted by Gasteiger charge is 2.34. The average Bonchev–Trinajstić information content (AvgIpc) is 2.85. The SMILES string of the molecule is CC(C)c1ccc(OC2CCN(C(=O)C3CCN(S(=O)(=O)Cc4ccccc4)CC3)CC2)cc1. The van der Waals surface area contributed by atoms with Crippen LogP contribution in [0.4, 0.5) is 0 Å². The second-order valence-electron chi connectivity index (χ2n) is 9.78. The van der Waals surface area contributed by atoms with E-state index in [0.29, 0.717) is 44.9 Å². The van der Waals surface area contributed by atoms with E-state index in [1.807, 2.05) is 47.4 Å². The fourth-order valence-electron chi connectivity index (χ4n) is 4.83. The number of amides is 1. The van der Waals surface area contributed by atoms with Crippen molar-refractivity contribution < 1.29 is 17.9 Å². The molecule has 0 bridgehead atoms. The molecule has 2 saturated heterocycles. The van der Waals surface area contributed by atoms with Crippen LogP contribution in [0.25, 0.3) is 0 Å². The van der Waals surface area contributed by atoms with E-state index in [-0.39, 0.29) is 23.7 Å². The third-order valence-corrected chi connectivity index (χ3v) is 8.84. The number of sulfonamides is 1. The molecule has 184 valence electrons. The van der Waals surface area contributed by atoms with Gasteiger partial charge in [0, 0.05) is 44.9 Å². The summed E-state index contributed by atoms with van der Waals surface area (Å²) >= 11 is 0. The fourth-order valence-corrected chi connectivity index (χ4v) is 6.40. The molecule has 0 aromatic heterocycles. The molecule has 2 aromatic rings. The van der Waals surface area contributed by atoms with Gasteiger partial charge in [0.25, 0.3) is 0 Å². The van der Waals surface area contributed by atoms with Gasteiger partial charge in [-0.25, -0.2) is 12.7 Å². The highest BCUT2D eigenvalue weighted by Crippen LogP contribution is 2.26. The van der Waals surface area contributed by atoms with E-state index in [4.69, 9.17) is 4.74 Å². The van der Waals surface area contributed by atoms with E-state index >= 15 is 0 Å². The lowest BCUT2D eigenvalue weighted by Gasteiger charge is -2.37. The zero-order valence-electron chi connectivity index (χ0n) is 20.2. The van der Waals surface area contributed by atoms with Gasteiger partial charge in [-0.1, -0.05) is 56.3 Å². The van der Waals surface area contributed by atoms with E-state index in [9.17, 15) is 13.2 Å². The summed E-state index contributed by atoms with van der Waals surface area (Å²) in [5, 5.41) is 0. The van der Waals surface area contributed by atoms with Gasteiger partial charge in [0.05, 0.1) is 5.75 Å². The molecule has 2 fully saturated rings. The summed E-state index contributed by atoms with van der Waals surface area (Å²) in [4.78, 5) is 15.0. The van der Waals surface area contributed by atoms with Gasteiger partial charge in [-0.05, 0) is 42.0 Å². The van der Waals surface area contributed by atoms with E-state index in [1.54, 1.807) is 4.31 Å². The molecule has 1 amide bonds. The van der Waals surface area contributed by atoms with Crippen molar-refractivity contribution in [2.75, 3.05) is 26.2 Å². The van der Waals surface area contributed by atoms with Crippen LogP contribution in [0.5, 0.6) is 5.75 Å². The number of likely N-dealkylation sites (tertiary alicyclic amines) is 1. The van der Waals surface area contributed by atoms with Crippen LogP contribution >= 0.6 is 0 Å². The Balaban J connectivity index is 1.22. The molecular weight excluding hydrogens is 448 g/mol. The van der Waals surface area contributed by atoms with Gasteiger partial charge in [-0.3, -0.25) is 4.79 Å². The second kappa shape index (κ2) is 10.9. The van der Waals surface area contributed by atoms with Crippen molar-refractivity contribution >= 4 is 15.9 Å². The van der Waals surface area contributed by atoms with Crippen LogP contribution in [0.15, 0.2) is 54.6 Å². The predicted octanol–water partition coefficient (Wildman–Crippen LogP) is 4.42. The molecule has 2 aliphatic heterocycles. The van der Waals surface area contributed by atoms with Crippen LogP contribution in [-0.2, 0) is 20.6 Å². The zero-order chi connectivity index (χ0) is 24.1. The Morgan fingerprint density at radius 3 is 2.12 bits per heavy atom. The minimum absolute atomic E-state index is 0.0141. The number of hydrogen-bond acceptors (Lipinski definition) is 4. The molecule has 0 radical (unpaired) electrons. The maximum absolute atomic E-state index is 13.1. The van der Waals surface area contributed by atoms with Crippen molar-refractivity contribution in [1.82, 2.24) is 9.21 Å². The van der Waals surface area contributed by atoms with Gasteiger partial charge in [0.1, 0.15) is 11.9 Å². The van der Waals surface area contributed by atoms with Crippen LogP contribution in [-0.4, -0.2) is 55.8 Å². The normalized spacial score (nSPS) is 18.9. The van der Waals surface area contributed by atoms with E-state index in [2.05, 4.69) is 26.0 Å². The van der Waals surface area contributed by atoms with E-state index in [0.717, 1.165) is 24.2 Å². The molecule has 2 aliphatic rings. The first-order valence-electron chi connectivity index (χ1n) is 12.4. The number of ether oxygens (including phenoxy) is 1. The maximum Gasteiger partial charge on any atom is 0.225 e. The highest BCUT2D eigenvalue weighted by atomic mass is 32.2. The minimum atomic E-state index is -3.36. The van der Waals surface area contributed by atoms with Gasteiger partial charge in [-0.2, -0.15) is 0 Å². The molecule has 0 spiro atoms. The van der Waals surface area contributed by atoms with Crippen LogP contribution in [0, 0.1) is 5.92 Å². The van der Waals surface area contributed by atoms with E-state index in [1.165, 1.54) is 5.56 Å². The molecule has 6 nitrogen and oxygen atoms in total. The highest BCUT2D eigenvalue weighted by molar-refractivity contribution is 7.88. The Kier molecular flexibility index (Phi) is 7.94. The third kappa shape index (κ3) is 6.19. The molecule has 4 rings (SSSR count). The molecule has 7 heteroatoms. The third-order valence-electron chi connectivity index (χ3n) is 6.99. The average molecular weight is 485 g/mol. The summed E-state index contributed by atoms with van der Waals surface area (Å²) in [6.45, 7) is 6.57. The Hall–Kier alpha value is -2.38. The Morgan fingerprint density at radius 2 is 1.53 bits per heavy atom. The molecule has 34 heavy (non-hydrogen) atoms. The second-order valence-corrected chi connectivity index (χ2v) is 11.8. The van der Waals surface area contributed by atoms with Gasteiger partial charge in [0.2, 0.25) is 15.9 Å². The molecular formula is C27H36N2O4S. The number of rotatable bonds is 7. The molecule has 2 aromatic carbocycles. The van der Waals surface area contributed by atoms with Crippen molar-refractivity contribution in [3.63, 3.8) is 0 Å². The topological polar surface area (TPSA) is 66.9 Å². The summed E-state index contributed by atoms with van der Waals surface area (Å²) in [5.41, 5.74) is 2.09. The Bertz CT molecular complexity index is 1040. The number of hydrogen-bond donors (Lipinski definition) is 0. The molecule has 0 unspecified atom stereocenters. The first-order chi connectivity index (χ1) is 16.3. The Labute approximate surface area is 204 Å². The first kappa shape index (κ1) is 24.7. The van der Waals surface area contributed by atoms with Crippen LogP contribution in [0.2, 0.25) is 0 Å². The number of carbonyl (C=O) groups excluding carboxylic acids is 1. The lowest BCUT2D eigenvalue weighted by molar-refractivity contribution is -0.138. The molecule has 0 saturated carbocycles. The summed E-state index contributed by atoms with van der Waals surface area (Å²) in [7, 11) is -3.36. The number of nitrogens with zero attached hydrogens (tertiary/aromatic N) is 2. The number of benzene rings is 2. The lowest BCUT2D eigenvalue weighted by atomic mass is 9.95. The first-order valence-corrected chi connectivity index (χ1v) is 14.0. The van der Waals surface area contributed by atoms with Crippen LogP contribution in [0.1, 0.15) is 56.6 Å². The van der Waals surface area contributed by atoms with Crippen molar-refractivity contribution in [2.24, 2.45) is 5.92 Å². The molecule has 0 atom stereocenters. The number of piperidine rings is 2. The summed E-state index contributed by atoms with van der Waals surface area (Å²) in [6.07, 6.45) is 2.94. The van der Waals surface area contributed by atoms with Crippen molar-refractivity contribution in [3.8, 4) is 5.75 Å². The monoisotopic (exact) mass is 484 g/mol. The number of carbonyl (C=O) groups is 1. The van der Waals surface area contributed by atoms with Gasteiger partial charge in [0.15, 0.2) is 0 Å².